The molecule has 0 spiro atoms. The Bertz CT molecular complexity index is 2520. The molecule has 2 aromatic heterocycles. The third kappa shape index (κ3) is 4.21. The fourth-order valence-corrected chi connectivity index (χ4v) is 6.63. The molecule has 0 aliphatic rings. The van der Waals surface area contributed by atoms with E-state index in [2.05, 4.69) is 150 Å². The van der Waals surface area contributed by atoms with E-state index in [1.54, 1.807) is 0 Å². The van der Waals surface area contributed by atoms with Gasteiger partial charge in [0.15, 0.2) is 5.82 Å². The first-order valence-corrected chi connectivity index (χ1v) is 15.3. The topological polar surface area (TPSA) is 30.7 Å². The summed E-state index contributed by atoms with van der Waals surface area (Å²) in [5.74, 6) is 0.822. The fourth-order valence-electron chi connectivity index (χ4n) is 6.63. The summed E-state index contributed by atoms with van der Waals surface area (Å²) in [6.45, 7) is 0. The maximum absolute atomic E-state index is 5.38. The van der Waals surface area contributed by atoms with Crippen molar-refractivity contribution in [3.05, 3.63) is 164 Å². The van der Waals surface area contributed by atoms with Crippen molar-refractivity contribution in [2.45, 2.75) is 0 Å². The van der Waals surface area contributed by atoms with Gasteiger partial charge in [0, 0.05) is 16.3 Å². The Balaban J connectivity index is 1.41. The van der Waals surface area contributed by atoms with E-state index in [4.69, 9.17) is 9.97 Å². The van der Waals surface area contributed by atoms with Gasteiger partial charge in [-0.25, -0.2) is 9.97 Å². The first-order valence-electron chi connectivity index (χ1n) is 15.3. The van der Waals surface area contributed by atoms with Crippen LogP contribution >= 0.6 is 0 Å². The number of benzene rings is 7. The maximum atomic E-state index is 5.38. The molecule has 0 saturated carbocycles. The van der Waals surface area contributed by atoms with Crippen molar-refractivity contribution < 1.29 is 0 Å². The lowest BCUT2D eigenvalue weighted by atomic mass is 10.0. The second kappa shape index (κ2) is 10.3. The van der Waals surface area contributed by atoms with Gasteiger partial charge in [0.2, 0.25) is 0 Å². The van der Waals surface area contributed by atoms with Crippen LogP contribution in [0.2, 0.25) is 0 Å². The highest BCUT2D eigenvalue weighted by molar-refractivity contribution is 6.12. The summed E-state index contributed by atoms with van der Waals surface area (Å²) < 4.78 is 2.32. The van der Waals surface area contributed by atoms with Crippen LogP contribution in [0.3, 0.4) is 0 Å². The van der Waals surface area contributed by atoms with E-state index in [1.807, 2.05) is 18.2 Å². The van der Waals surface area contributed by atoms with Gasteiger partial charge in [-0.1, -0.05) is 133 Å². The summed E-state index contributed by atoms with van der Waals surface area (Å²) in [4.78, 5) is 10.7. The van der Waals surface area contributed by atoms with Gasteiger partial charge in [0.1, 0.15) is 5.69 Å². The molecule has 45 heavy (non-hydrogen) atoms. The van der Waals surface area contributed by atoms with E-state index in [1.165, 1.54) is 32.8 Å². The summed E-state index contributed by atoms with van der Waals surface area (Å²) in [6, 6.07) is 57.8. The monoisotopic (exact) mass is 573 g/mol. The molecule has 0 fully saturated rings. The molecule has 3 heteroatoms. The van der Waals surface area contributed by atoms with Crippen LogP contribution in [0, 0.1) is 0 Å². The molecule has 0 saturated heterocycles. The summed E-state index contributed by atoms with van der Waals surface area (Å²) in [6.07, 6.45) is 0. The molecule has 0 bridgehead atoms. The lowest BCUT2D eigenvalue weighted by molar-refractivity contribution is 1.08. The molecule has 2 heterocycles. The molecule has 210 valence electrons. The Morgan fingerprint density at radius 3 is 1.78 bits per heavy atom. The average molecular weight is 574 g/mol. The largest absolute Gasteiger partial charge is 0.292 e. The number of hydrogen-bond donors (Lipinski definition) is 0. The van der Waals surface area contributed by atoms with Crippen molar-refractivity contribution in [3.8, 4) is 39.3 Å². The highest BCUT2D eigenvalue weighted by Crippen LogP contribution is 2.40. The summed E-state index contributed by atoms with van der Waals surface area (Å²) in [5, 5.41) is 4.70. The normalized spacial score (nSPS) is 11.6. The van der Waals surface area contributed by atoms with Crippen LogP contribution in [0.15, 0.2) is 164 Å². The molecule has 0 atom stereocenters. The predicted molar refractivity (Wildman–Crippen MR) is 188 cm³/mol. The molecule has 0 amide bonds. The molecule has 0 aliphatic heterocycles. The van der Waals surface area contributed by atoms with Gasteiger partial charge < -0.3 is 0 Å². The van der Waals surface area contributed by atoms with Crippen LogP contribution in [-0.2, 0) is 0 Å². The van der Waals surface area contributed by atoms with Crippen LogP contribution in [0.4, 0.5) is 0 Å². The van der Waals surface area contributed by atoms with Gasteiger partial charge in [0.25, 0.3) is 0 Å². The smallest absolute Gasteiger partial charge is 0.165 e. The molecule has 7 aromatic carbocycles. The van der Waals surface area contributed by atoms with Crippen molar-refractivity contribution >= 4 is 43.6 Å². The number of rotatable bonds is 4. The Morgan fingerprint density at radius 2 is 1.00 bits per heavy atom. The average Bonchev–Trinajstić information content (AvgIpc) is 3.44. The van der Waals surface area contributed by atoms with Crippen LogP contribution in [-0.4, -0.2) is 14.5 Å². The minimum Gasteiger partial charge on any atom is -0.292 e. The maximum Gasteiger partial charge on any atom is 0.165 e. The van der Waals surface area contributed by atoms with E-state index >= 15 is 0 Å². The number of fused-ring (bicyclic) bond motifs is 5. The molecule has 0 N–H and O–H groups in total. The van der Waals surface area contributed by atoms with Gasteiger partial charge >= 0.3 is 0 Å². The van der Waals surface area contributed by atoms with E-state index in [-0.39, 0.29) is 0 Å². The lowest BCUT2D eigenvalue weighted by Gasteiger charge is -2.15. The zero-order valence-corrected chi connectivity index (χ0v) is 24.4. The van der Waals surface area contributed by atoms with Crippen LogP contribution in [0.1, 0.15) is 0 Å². The molecular formula is C42H27N3. The van der Waals surface area contributed by atoms with Gasteiger partial charge in [0.05, 0.1) is 22.1 Å². The highest BCUT2D eigenvalue weighted by Gasteiger charge is 2.21. The summed E-state index contributed by atoms with van der Waals surface area (Å²) in [7, 11) is 0. The summed E-state index contributed by atoms with van der Waals surface area (Å²) >= 11 is 0. The second-order valence-corrected chi connectivity index (χ2v) is 11.4. The first-order chi connectivity index (χ1) is 22.3. The highest BCUT2D eigenvalue weighted by atomic mass is 15.1. The fraction of sp³-hybridized carbons (Fsp3) is 0. The molecule has 0 unspecified atom stereocenters. The SMILES string of the molecule is c1ccc(-c2ccc3c(c2)c2ccc(-c4ccccc4)cc2n3-c2nc3ccccc3nc2-c2cccc3ccccc23)cc1. The van der Waals surface area contributed by atoms with Crippen molar-refractivity contribution in [3.63, 3.8) is 0 Å². The molecule has 0 aliphatic carbocycles. The zero-order chi connectivity index (χ0) is 29.7. The van der Waals surface area contributed by atoms with Gasteiger partial charge in [-0.3, -0.25) is 4.57 Å². The van der Waals surface area contributed by atoms with Gasteiger partial charge in [-0.2, -0.15) is 0 Å². The minimum atomic E-state index is 0.822. The van der Waals surface area contributed by atoms with Crippen molar-refractivity contribution in [2.24, 2.45) is 0 Å². The van der Waals surface area contributed by atoms with Crippen molar-refractivity contribution in [1.29, 1.82) is 0 Å². The van der Waals surface area contributed by atoms with E-state index in [0.717, 1.165) is 50.1 Å². The number of para-hydroxylation sites is 2. The van der Waals surface area contributed by atoms with Crippen LogP contribution in [0.5, 0.6) is 0 Å². The Hall–Kier alpha value is -6.06. The second-order valence-electron chi connectivity index (χ2n) is 11.4. The molecule has 3 nitrogen and oxygen atoms in total. The Kier molecular flexibility index (Phi) is 5.82. The quantitative estimate of drug-likeness (QED) is 0.210. The molecule has 9 rings (SSSR count). The van der Waals surface area contributed by atoms with Gasteiger partial charge in [-0.15, -0.1) is 0 Å². The number of aromatic nitrogens is 3. The predicted octanol–water partition coefficient (Wildman–Crippen LogP) is 10.9. The third-order valence-corrected chi connectivity index (χ3v) is 8.79. The molecule has 9 aromatic rings. The van der Waals surface area contributed by atoms with E-state index in [9.17, 15) is 0 Å². The summed E-state index contributed by atoms with van der Waals surface area (Å²) in [5.41, 5.74) is 10.6. The van der Waals surface area contributed by atoms with Gasteiger partial charge in [-0.05, 0) is 63.4 Å². The molecule has 0 radical (unpaired) electrons. The molecular weight excluding hydrogens is 546 g/mol. The standard InChI is InChI=1S/C42H27N3/c1-3-12-28(13-4-1)31-23-25-39-36(26-31)34-24-22-32(29-14-5-2-6-15-29)27-40(34)45(39)42-41(43-37-20-9-10-21-38(37)44-42)35-19-11-17-30-16-7-8-18-33(30)35/h1-27H. The Morgan fingerprint density at radius 1 is 0.378 bits per heavy atom. The van der Waals surface area contributed by atoms with E-state index < -0.39 is 0 Å². The Labute approximate surface area is 260 Å². The minimum absolute atomic E-state index is 0.822. The van der Waals surface area contributed by atoms with Crippen molar-refractivity contribution in [1.82, 2.24) is 14.5 Å². The first kappa shape index (κ1) is 25.4. The number of nitrogens with zero attached hydrogens (tertiary/aromatic N) is 3. The third-order valence-electron chi connectivity index (χ3n) is 8.79. The number of hydrogen-bond acceptors (Lipinski definition) is 2. The van der Waals surface area contributed by atoms with Crippen LogP contribution < -0.4 is 0 Å². The van der Waals surface area contributed by atoms with E-state index in [0.29, 0.717) is 0 Å². The van der Waals surface area contributed by atoms with Crippen LogP contribution in [0.25, 0.3) is 82.9 Å². The lowest BCUT2D eigenvalue weighted by Crippen LogP contribution is -2.04. The zero-order valence-electron chi connectivity index (χ0n) is 24.4. The van der Waals surface area contributed by atoms with Crippen molar-refractivity contribution in [2.75, 3.05) is 0 Å².